The number of rotatable bonds is 2. The normalized spacial score (nSPS) is 10.3. The van der Waals surface area contributed by atoms with Crippen molar-refractivity contribution in [2.75, 3.05) is 24.7 Å². The monoisotopic (exact) mass is 204 g/mol. The smallest absolute Gasteiger partial charge is 0.319 e. The zero-order chi connectivity index (χ0) is 10.8. The van der Waals surface area contributed by atoms with Gasteiger partial charge < -0.3 is 15.2 Å². The molecule has 15 heavy (non-hydrogen) atoms. The molecule has 2 aromatic rings. The summed E-state index contributed by atoms with van der Waals surface area (Å²) in [6.07, 6.45) is 0. The number of aromatic nitrogens is 2. The summed E-state index contributed by atoms with van der Waals surface area (Å²) in [5.41, 5.74) is 7.36. The van der Waals surface area contributed by atoms with Crippen LogP contribution >= 0.6 is 0 Å². The molecule has 0 aliphatic rings. The average molecular weight is 204 g/mol. The van der Waals surface area contributed by atoms with Crippen molar-refractivity contribution in [2.45, 2.75) is 0 Å². The summed E-state index contributed by atoms with van der Waals surface area (Å²) in [5, 5.41) is 3.74. The van der Waals surface area contributed by atoms with E-state index in [9.17, 15) is 0 Å². The molecule has 5 heteroatoms. The maximum Gasteiger partial charge on any atom is 0.319 e. The highest BCUT2D eigenvalue weighted by Crippen LogP contribution is 2.20. The van der Waals surface area contributed by atoms with Gasteiger partial charge in [-0.1, -0.05) is 5.16 Å². The van der Waals surface area contributed by atoms with Crippen LogP contribution in [0.3, 0.4) is 0 Å². The van der Waals surface area contributed by atoms with E-state index in [1.807, 2.05) is 43.3 Å². The molecule has 0 radical (unpaired) electrons. The summed E-state index contributed by atoms with van der Waals surface area (Å²) in [4.78, 5) is 5.96. The number of anilines is 2. The third-order valence-corrected chi connectivity index (χ3v) is 2.08. The van der Waals surface area contributed by atoms with Crippen LogP contribution in [0.5, 0.6) is 0 Å². The van der Waals surface area contributed by atoms with Crippen LogP contribution in [0.4, 0.5) is 11.7 Å². The van der Waals surface area contributed by atoms with Gasteiger partial charge in [0.15, 0.2) is 0 Å². The molecule has 78 valence electrons. The van der Waals surface area contributed by atoms with E-state index in [0.717, 1.165) is 11.3 Å². The SMILES string of the molecule is CN(C)c1ccc(-c2noc(N)n2)cc1. The van der Waals surface area contributed by atoms with Crippen LogP contribution in [0, 0.1) is 0 Å². The zero-order valence-corrected chi connectivity index (χ0v) is 8.64. The second-order valence-electron chi connectivity index (χ2n) is 3.40. The molecule has 0 amide bonds. The second-order valence-corrected chi connectivity index (χ2v) is 3.40. The summed E-state index contributed by atoms with van der Waals surface area (Å²) in [6.45, 7) is 0. The van der Waals surface area contributed by atoms with Crippen LogP contribution in [0.25, 0.3) is 11.4 Å². The highest BCUT2D eigenvalue weighted by molar-refractivity contribution is 5.60. The van der Waals surface area contributed by atoms with E-state index in [2.05, 4.69) is 10.1 Å². The van der Waals surface area contributed by atoms with Crippen LogP contribution in [0.1, 0.15) is 0 Å². The number of benzene rings is 1. The molecular formula is C10H12N4O. The van der Waals surface area contributed by atoms with E-state index in [1.54, 1.807) is 0 Å². The topological polar surface area (TPSA) is 68.2 Å². The van der Waals surface area contributed by atoms with E-state index < -0.39 is 0 Å². The molecule has 0 spiro atoms. The Morgan fingerprint density at radius 1 is 1.20 bits per heavy atom. The van der Waals surface area contributed by atoms with Crippen LogP contribution < -0.4 is 10.6 Å². The molecule has 0 unspecified atom stereocenters. The van der Waals surface area contributed by atoms with Gasteiger partial charge in [-0.2, -0.15) is 4.98 Å². The lowest BCUT2D eigenvalue weighted by Crippen LogP contribution is -2.07. The van der Waals surface area contributed by atoms with E-state index >= 15 is 0 Å². The van der Waals surface area contributed by atoms with E-state index in [-0.39, 0.29) is 6.01 Å². The Balaban J connectivity index is 2.31. The molecule has 0 aliphatic heterocycles. The first-order chi connectivity index (χ1) is 7.16. The van der Waals surface area contributed by atoms with Crippen LogP contribution in [0.2, 0.25) is 0 Å². The maximum atomic E-state index is 5.35. The van der Waals surface area contributed by atoms with Gasteiger partial charge in [-0.25, -0.2) is 0 Å². The van der Waals surface area contributed by atoms with E-state index in [4.69, 9.17) is 10.3 Å². The van der Waals surface area contributed by atoms with Crippen LogP contribution in [-0.4, -0.2) is 24.2 Å². The first-order valence-electron chi connectivity index (χ1n) is 4.54. The number of nitrogens with two attached hydrogens (primary N) is 1. The Kier molecular flexibility index (Phi) is 2.29. The lowest BCUT2D eigenvalue weighted by atomic mass is 10.2. The highest BCUT2D eigenvalue weighted by atomic mass is 16.5. The van der Waals surface area contributed by atoms with E-state index in [0.29, 0.717) is 5.82 Å². The lowest BCUT2D eigenvalue weighted by Gasteiger charge is -2.11. The van der Waals surface area contributed by atoms with Crippen molar-refractivity contribution in [3.63, 3.8) is 0 Å². The van der Waals surface area contributed by atoms with Crippen molar-refractivity contribution in [1.82, 2.24) is 10.1 Å². The molecule has 0 bridgehead atoms. The molecular weight excluding hydrogens is 192 g/mol. The molecule has 1 heterocycles. The predicted octanol–water partition coefficient (Wildman–Crippen LogP) is 1.38. The Morgan fingerprint density at radius 3 is 2.33 bits per heavy atom. The quantitative estimate of drug-likeness (QED) is 0.800. The van der Waals surface area contributed by atoms with Gasteiger partial charge in [-0.05, 0) is 24.3 Å². The van der Waals surface area contributed by atoms with Gasteiger partial charge in [0, 0.05) is 25.3 Å². The Morgan fingerprint density at radius 2 is 1.87 bits per heavy atom. The van der Waals surface area contributed by atoms with Gasteiger partial charge in [0.2, 0.25) is 5.82 Å². The van der Waals surface area contributed by atoms with Crippen molar-refractivity contribution in [3.05, 3.63) is 24.3 Å². The molecule has 1 aromatic carbocycles. The van der Waals surface area contributed by atoms with Crippen molar-refractivity contribution in [2.24, 2.45) is 0 Å². The van der Waals surface area contributed by atoms with Gasteiger partial charge in [-0.3, -0.25) is 0 Å². The predicted molar refractivity (Wildman–Crippen MR) is 58.5 cm³/mol. The number of nitrogen functional groups attached to an aromatic ring is 1. The van der Waals surface area contributed by atoms with Crippen molar-refractivity contribution in [1.29, 1.82) is 0 Å². The molecule has 0 aliphatic carbocycles. The Bertz CT molecular complexity index is 447. The van der Waals surface area contributed by atoms with Crippen LogP contribution in [-0.2, 0) is 0 Å². The molecule has 1 aromatic heterocycles. The fraction of sp³-hybridized carbons (Fsp3) is 0.200. The molecule has 0 atom stereocenters. The van der Waals surface area contributed by atoms with Crippen molar-refractivity contribution in [3.8, 4) is 11.4 Å². The number of hydrogen-bond donors (Lipinski definition) is 1. The van der Waals surface area contributed by atoms with Crippen LogP contribution in [0.15, 0.2) is 28.8 Å². The third kappa shape index (κ3) is 1.90. The molecule has 2 rings (SSSR count). The van der Waals surface area contributed by atoms with Gasteiger partial charge in [0.1, 0.15) is 0 Å². The fourth-order valence-corrected chi connectivity index (χ4v) is 1.26. The molecule has 0 fully saturated rings. The first-order valence-corrected chi connectivity index (χ1v) is 4.54. The summed E-state index contributed by atoms with van der Waals surface area (Å²) in [7, 11) is 3.97. The lowest BCUT2D eigenvalue weighted by molar-refractivity contribution is 0.437. The fourth-order valence-electron chi connectivity index (χ4n) is 1.26. The first kappa shape index (κ1) is 9.51. The average Bonchev–Trinajstić information content (AvgIpc) is 2.65. The highest BCUT2D eigenvalue weighted by Gasteiger charge is 2.05. The number of hydrogen-bond acceptors (Lipinski definition) is 5. The third-order valence-electron chi connectivity index (χ3n) is 2.08. The molecule has 5 nitrogen and oxygen atoms in total. The zero-order valence-electron chi connectivity index (χ0n) is 8.64. The van der Waals surface area contributed by atoms with E-state index in [1.165, 1.54) is 0 Å². The summed E-state index contributed by atoms with van der Waals surface area (Å²) < 4.78 is 4.70. The minimum Gasteiger partial charge on any atom is -0.378 e. The molecule has 0 saturated carbocycles. The van der Waals surface area contributed by atoms with Crippen molar-refractivity contribution >= 4 is 11.7 Å². The van der Waals surface area contributed by atoms with Gasteiger partial charge in [0.05, 0.1) is 0 Å². The summed E-state index contributed by atoms with van der Waals surface area (Å²) in [5.74, 6) is 0.512. The van der Waals surface area contributed by atoms with Gasteiger partial charge in [0.25, 0.3) is 0 Å². The second kappa shape index (κ2) is 3.61. The standard InChI is InChI=1S/C10H12N4O/c1-14(2)8-5-3-7(4-6-8)9-12-10(11)15-13-9/h3-6H,1-2H3,(H2,11,12,13). The largest absolute Gasteiger partial charge is 0.378 e. The maximum absolute atomic E-state index is 5.35. The molecule has 0 saturated heterocycles. The molecule has 2 N–H and O–H groups in total. The van der Waals surface area contributed by atoms with Gasteiger partial charge in [-0.15, -0.1) is 0 Å². The summed E-state index contributed by atoms with van der Waals surface area (Å²) >= 11 is 0. The van der Waals surface area contributed by atoms with Gasteiger partial charge >= 0.3 is 6.01 Å². The Hall–Kier alpha value is -2.04. The minimum absolute atomic E-state index is 0.0849. The Labute approximate surface area is 87.5 Å². The summed E-state index contributed by atoms with van der Waals surface area (Å²) in [6, 6.07) is 7.92. The van der Waals surface area contributed by atoms with Crippen molar-refractivity contribution < 1.29 is 4.52 Å². The number of nitrogens with zero attached hydrogens (tertiary/aromatic N) is 3. The minimum atomic E-state index is 0.0849.